The lowest BCUT2D eigenvalue weighted by atomic mass is 10.0. The summed E-state index contributed by atoms with van der Waals surface area (Å²) in [6.45, 7) is 0. The van der Waals surface area contributed by atoms with Gasteiger partial charge in [-0.1, -0.05) is 24.3 Å². The second-order valence-electron chi connectivity index (χ2n) is 6.62. The van der Waals surface area contributed by atoms with Gasteiger partial charge >= 0.3 is 6.03 Å². The Morgan fingerprint density at radius 1 is 0.774 bits per heavy atom. The van der Waals surface area contributed by atoms with Crippen LogP contribution in [-0.4, -0.2) is 16.9 Å². The van der Waals surface area contributed by atoms with Crippen molar-refractivity contribution in [3.8, 4) is 11.3 Å². The van der Waals surface area contributed by atoms with Crippen LogP contribution in [0.15, 0.2) is 78.9 Å². The molecule has 0 aliphatic rings. The van der Waals surface area contributed by atoms with Gasteiger partial charge in [-0.05, 0) is 54.6 Å². The Morgan fingerprint density at radius 2 is 1.55 bits per heavy atom. The average molecular weight is 418 g/mol. The maximum Gasteiger partial charge on any atom is 0.337 e. The number of hydrazine groups is 1. The van der Waals surface area contributed by atoms with Crippen LogP contribution in [0.3, 0.4) is 0 Å². The van der Waals surface area contributed by atoms with Crippen LogP contribution in [0.1, 0.15) is 10.4 Å². The van der Waals surface area contributed by atoms with Crippen molar-refractivity contribution in [3.63, 3.8) is 0 Å². The highest BCUT2D eigenvalue weighted by Gasteiger charge is 2.15. The van der Waals surface area contributed by atoms with Crippen molar-refractivity contribution < 1.29 is 18.4 Å². The van der Waals surface area contributed by atoms with Gasteiger partial charge in [0.2, 0.25) is 0 Å². The number of hydrogen-bond acceptors (Lipinski definition) is 3. The van der Waals surface area contributed by atoms with Crippen LogP contribution < -0.4 is 16.2 Å². The normalized spacial score (nSPS) is 10.5. The molecule has 0 aliphatic heterocycles. The summed E-state index contributed by atoms with van der Waals surface area (Å²) < 4.78 is 26.5. The number of pyridine rings is 1. The van der Waals surface area contributed by atoms with E-state index in [4.69, 9.17) is 0 Å². The molecule has 3 N–H and O–H groups in total. The van der Waals surface area contributed by atoms with E-state index in [2.05, 4.69) is 21.2 Å². The summed E-state index contributed by atoms with van der Waals surface area (Å²) in [4.78, 5) is 29.4. The molecule has 3 amide bonds. The van der Waals surface area contributed by atoms with Gasteiger partial charge in [0.1, 0.15) is 11.6 Å². The van der Waals surface area contributed by atoms with E-state index >= 15 is 0 Å². The summed E-state index contributed by atoms with van der Waals surface area (Å²) in [5.74, 6) is -1.45. The van der Waals surface area contributed by atoms with Crippen LogP contribution in [0.2, 0.25) is 0 Å². The predicted molar refractivity (Wildman–Crippen MR) is 113 cm³/mol. The molecule has 0 bridgehead atoms. The Bertz CT molecular complexity index is 1280. The first kappa shape index (κ1) is 20.0. The van der Waals surface area contributed by atoms with Crippen molar-refractivity contribution in [1.82, 2.24) is 15.8 Å². The van der Waals surface area contributed by atoms with Crippen LogP contribution in [0, 0.1) is 11.6 Å². The topological polar surface area (TPSA) is 83.1 Å². The van der Waals surface area contributed by atoms with E-state index in [-0.39, 0.29) is 17.1 Å². The number of urea groups is 1. The fourth-order valence-electron chi connectivity index (χ4n) is 3.04. The molecule has 0 aliphatic carbocycles. The third-order valence-electron chi connectivity index (χ3n) is 4.47. The molecule has 0 saturated carbocycles. The van der Waals surface area contributed by atoms with Crippen molar-refractivity contribution in [2.45, 2.75) is 0 Å². The second-order valence-corrected chi connectivity index (χ2v) is 6.62. The first-order valence-corrected chi connectivity index (χ1v) is 9.28. The molecule has 0 spiro atoms. The maximum atomic E-state index is 13.3. The van der Waals surface area contributed by atoms with E-state index < -0.39 is 17.8 Å². The monoisotopic (exact) mass is 418 g/mol. The second kappa shape index (κ2) is 8.58. The largest absolute Gasteiger partial charge is 0.337 e. The van der Waals surface area contributed by atoms with Crippen molar-refractivity contribution >= 4 is 28.5 Å². The number of nitrogens with zero attached hydrogens (tertiary/aromatic N) is 1. The number of hydrogen-bond donors (Lipinski definition) is 3. The highest BCUT2D eigenvalue weighted by atomic mass is 19.1. The minimum absolute atomic E-state index is 0.236. The lowest BCUT2D eigenvalue weighted by molar-refractivity contribution is 0.0939. The standard InChI is InChI=1S/C23H16F2N4O2/c24-15-10-8-14(9-11-15)21-13-19(18-6-1-2-7-20(18)27-21)22(30)28-29-23(31)26-17-5-3-4-16(25)12-17/h1-13H,(H,28,30)(H2,26,29,31). The lowest BCUT2D eigenvalue weighted by Gasteiger charge is -2.12. The molecule has 154 valence electrons. The van der Waals surface area contributed by atoms with E-state index in [0.29, 0.717) is 22.2 Å². The zero-order valence-corrected chi connectivity index (χ0v) is 16.0. The molecule has 0 saturated heterocycles. The highest BCUT2D eigenvalue weighted by Crippen LogP contribution is 2.25. The molecule has 3 aromatic carbocycles. The Labute approximate surface area is 175 Å². The van der Waals surface area contributed by atoms with E-state index in [9.17, 15) is 18.4 Å². The van der Waals surface area contributed by atoms with Gasteiger partial charge in [-0.15, -0.1) is 0 Å². The number of para-hydroxylation sites is 1. The number of amides is 3. The maximum absolute atomic E-state index is 13.3. The van der Waals surface area contributed by atoms with Gasteiger partial charge in [-0.25, -0.2) is 24.0 Å². The van der Waals surface area contributed by atoms with Gasteiger partial charge in [-0.3, -0.25) is 10.2 Å². The minimum atomic E-state index is -0.740. The number of benzene rings is 3. The fourth-order valence-corrected chi connectivity index (χ4v) is 3.04. The molecule has 0 atom stereocenters. The summed E-state index contributed by atoms with van der Waals surface area (Å²) in [5, 5.41) is 3.00. The van der Waals surface area contributed by atoms with Gasteiger partial charge < -0.3 is 5.32 Å². The van der Waals surface area contributed by atoms with Crippen LogP contribution in [0.25, 0.3) is 22.2 Å². The molecule has 4 aromatic rings. The van der Waals surface area contributed by atoms with Crippen LogP contribution in [0.5, 0.6) is 0 Å². The Hall–Kier alpha value is -4.33. The van der Waals surface area contributed by atoms with Crippen molar-refractivity contribution in [1.29, 1.82) is 0 Å². The zero-order chi connectivity index (χ0) is 21.8. The number of halogens is 2. The van der Waals surface area contributed by atoms with Crippen molar-refractivity contribution in [3.05, 3.63) is 96.1 Å². The number of anilines is 1. The SMILES string of the molecule is O=C(NNC(=O)c1cc(-c2ccc(F)cc2)nc2ccccc12)Nc1cccc(F)c1. The number of carbonyl (C=O) groups is 2. The number of fused-ring (bicyclic) bond motifs is 1. The molecule has 0 fully saturated rings. The summed E-state index contributed by atoms with van der Waals surface area (Å²) in [6, 6.07) is 19.0. The molecule has 31 heavy (non-hydrogen) atoms. The van der Waals surface area contributed by atoms with E-state index in [1.807, 2.05) is 0 Å². The number of rotatable bonds is 3. The third-order valence-corrected chi connectivity index (χ3v) is 4.47. The number of carbonyl (C=O) groups excluding carboxylic acids is 2. The summed E-state index contributed by atoms with van der Waals surface area (Å²) in [6.07, 6.45) is 0. The first-order chi connectivity index (χ1) is 15.0. The zero-order valence-electron chi connectivity index (χ0n) is 16.0. The van der Waals surface area contributed by atoms with Gasteiger partial charge in [0.05, 0.1) is 16.8 Å². The Morgan fingerprint density at radius 3 is 2.32 bits per heavy atom. The average Bonchev–Trinajstić information content (AvgIpc) is 2.77. The van der Waals surface area contributed by atoms with Gasteiger partial charge in [0.25, 0.3) is 5.91 Å². The third kappa shape index (κ3) is 4.64. The van der Waals surface area contributed by atoms with Crippen LogP contribution in [0.4, 0.5) is 19.3 Å². The molecule has 0 unspecified atom stereocenters. The van der Waals surface area contributed by atoms with Crippen LogP contribution in [-0.2, 0) is 0 Å². The highest BCUT2D eigenvalue weighted by molar-refractivity contribution is 6.07. The van der Waals surface area contributed by atoms with Crippen molar-refractivity contribution in [2.24, 2.45) is 0 Å². The summed E-state index contributed by atoms with van der Waals surface area (Å²) in [5.41, 5.74) is 6.76. The van der Waals surface area contributed by atoms with Gasteiger partial charge in [0.15, 0.2) is 0 Å². The van der Waals surface area contributed by atoms with E-state index in [0.717, 1.165) is 6.07 Å². The molecular weight excluding hydrogens is 402 g/mol. The smallest absolute Gasteiger partial charge is 0.306 e. The Balaban J connectivity index is 1.56. The van der Waals surface area contributed by atoms with E-state index in [1.165, 1.54) is 30.3 Å². The van der Waals surface area contributed by atoms with Gasteiger partial charge in [0, 0.05) is 16.6 Å². The van der Waals surface area contributed by atoms with Crippen molar-refractivity contribution in [2.75, 3.05) is 5.32 Å². The summed E-state index contributed by atoms with van der Waals surface area (Å²) >= 11 is 0. The lowest BCUT2D eigenvalue weighted by Crippen LogP contribution is -2.44. The Kier molecular flexibility index (Phi) is 5.53. The van der Waals surface area contributed by atoms with E-state index in [1.54, 1.807) is 42.5 Å². The molecular formula is C23H16F2N4O2. The number of nitrogens with one attached hydrogen (secondary N) is 3. The minimum Gasteiger partial charge on any atom is -0.306 e. The predicted octanol–water partition coefficient (Wildman–Crippen LogP) is 4.65. The first-order valence-electron chi connectivity index (χ1n) is 9.28. The quantitative estimate of drug-likeness (QED) is 0.424. The molecule has 6 nitrogen and oxygen atoms in total. The molecule has 0 radical (unpaired) electrons. The summed E-state index contributed by atoms with van der Waals surface area (Å²) in [7, 11) is 0. The molecule has 1 heterocycles. The molecule has 4 rings (SSSR count). The van der Waals surface area contributed by atoms with Crippen LogP contribution >= 0.6 is 0 Å². The fraction of sp³-hybridized carbons (Fsp3) is 0. The number of aromatic nitrogens is 1. The molecule has 1 aromatic heterocycles. The van der Waals surface area contributed by atoms with Gasteiger partial charge in [-0.2, -0.15) is 0 Å². The molecule has 8 heteroatoms.